The van der Waals surface area contributed by atoms with Gasteiger partial charge in [0.25, 0.3) is 0 Å². The van der Waals surface area contributed by atoms with E-state index in [1.165, 1.54) is 18.2 Å². The number of thioether (sulfide) groups is 1. The molecule has 2 rings (SSSR count). The van der Waals surface area contributed by atoms with Crippen molar-refractivity contribution >= 4 is 28.8 Å². The lowest BCUT2D eigenvalue weighted by Gasteiger charge is -2.07. The van der Waals surface area contributed by atoms with Crippen molar-refractivity contribution in [3.8, 4) is 0 Å². The Morgan fingerprint density at radius 2 is 2.10 bits per heavy atom. The molecule has 108 valence electrons. The number of nitrogens with zero attached hydrogens (tertiary/aromatic N) is 1. The summed E-state index contributed by atoms with van der Waals surface area (Å²) in [6, 6.07) is 4.25. The Bertz CT molecular complexity index is 705. The number of benzene rings is 1. The van der Waals surface area contributed by atoms with E-state index < -0.39 is 17.2 Å². The van der Waals surface area contributed by atoms with E-state index in [9.17, 15) is 22.8 Å². The molecule has 0 radical (unpaired) electrons. The van der Waals surface area contributed by atoms with E-state index in [-0.39, 0.29) is 40.7 Å². The molecular weight excluding hydrogens is 297 g/mol. The number of hydrogen-bond donors (Lipinski definition) is 2. The number of fused-ring (bicyclic) bond motifs is 1. The van der Waals surface area contributed by atoms with E-state index in [4.69, 9.17) is 5.11 Å². The molecule has 1 aromatic heterocycles. The third kappa shape index (κ3) is 2.98. The van der Waals surface area contributed by atoms with Gasteiger partial charge >= 0.3 is 17.2 Å². The number of halogens is 3. The summed E-state index contributed by atoms with van der Waals surface area (Å²) in [6.07, 6.45) is 0. The number of alkyl halides is 3. The van der Waals surface area contributed by atoms with Crippen molar-refractivity contribution in [1.82, 2.24) is 9.55 Å². The number of aryl methyl sites for hydroxylation is 1. The molecule has 0 aliphatic rings. The number of hydrogen-bond acceptors (Lipinski definition) is 3. The van der Waals surface area contributed by atoms with E-state index in [1.54, 1.807) is 0 Å². The molecule has 0 fully saturated rings. The van der Waals surface area contributed by atoms with Crippen molar-refractivity contribution < 1.29 is 23.1 Å². The summed E-state index contributed by atoms with van der Waals surface area (Å²) in [4.78, 5) is 25.2. The molecular formula is C11H9F3N2O3S. The largest absolute Gasteiger partial charge is 0.478 e. The summed E-state index contributed by atoms with van der Waals surface area (Å²) in [5, 5.41) is 9.06. The highest BCUT2D eigenvalue weighted by Gasteiger charge is 2.28. The molecule has 2 N–H and O–H groups in total. The third-order valence-corrected chi connectivity index (χ3v) is 3.32. The maximum Gasteiger partial charge on any atom is 0.441 e. The lowest BCUT2D eigenvalue weighted by Crippen LogP contribution is -2.19. The molecule has 9 heteroatoms. The van der Waals surface area contributed by atoms with Crippen LogP contribution in [0.1, 0.15) is 10.4 Å². The monoisotopic (exact) mass is 306 g/mol. The number of H-pyrrole nitrogens is 1. The number of carboxylic acid groups (broad SMARTS) is 1. The predicted molar refractivity (Wildman–Crippen MR) is 68.0 cm³/mol. The molecule has 0 atom stereocenters. The summed E-state index contributed by atoms with van der Waals surface area (Å²) < 4.78 is 37.3. The summed E-state index contributed by atoms with van der Waals surface area (Å²) >= 11 is -0.258. The molecule has 0 aliphatic carbocycles. The van der Waals surface area contributed by atoms with Gasteiger partial charge in [0.1, 0.15) is 0 Å². The quantitative estimate of drug-likeness (QED) is 0.908. The highest BCUT2D eigenvalue weighted by Crippen LogP contribution is 2.30. The number of imidazole rings is 1. The smallest absolute Gasteiger partial charge is 0.441 e. The molecule has 0 unspecified atom stereocenters. The summed E-state index contributed by atoms with van der Waals surface area (Å²) in [7, 11) is 0. The SMILES string of the molecule is O=C(O)c1cccc2[nH]c(=O)n(CCSC(F)(F)F)c12. The predicted octanol–water partition coefficient (Wildman–Crippen LogP) is 2.28. The van der Waals surface area contributed by atoms with E-state index in [0.717, 1.165) is 4.57 Å². The van der Waals surface area contributed by atoms with Crippen LogP contribution in [0.3, 0.4) is 0 Å². The Labute approximate surface area is 114 Å². The molecule has 0 aliphatic heterocycles. The number of aromatic carboxylic acids is 1. The van der Waals surface area contributed by atoms with Crippen molar-refractivity contribution in [2.24, 2.45) is 0 Å². The van der Waals surface area contributed by atoms with Crippen LogP contribution in [0.25, 0.3) is 11.0 Å². The van der Waals surface area contributed by atoms with Gasteiger partial charge in [0.15, 0.2) is 0 Å². The Balaban J connectivity index is 2.40. The number of carboxylic acids is 1. The van der Waals surface area contributed by atoms with Gasteiger partial charge in [0.2, 0.25) is 0 Å². The fourth-order valence-corrected chi connectivity index (χ4v) is 2.36. The maximum atomic E-state index is 12.1. The van der Waals surface area contributed by atoms with Crippen LogP contribution in [-0.2, 0) is 6.54 Å². The zero-order chi connectivity index (χ0) is 14.9. The van der Waals surface area contributed by atoms with Crippen molar-refractivity contribution in [3.63, 3.8) is 0 Å². The Hall–Kier alpha value is -1.90. The summed E-state index contributed by atoms with van der Waals surface area (Å²) in [5.74, 6) is -1.61. The van der Waals surface area contributed by atoms with E-state index >= 15 is 0 Å². The van der Waals surface area contributed by atoms with Crippen LogP contribution in [0.15, 0.2) is 23.0 Å². The number of rotatable bonds is 4. The van der Waals surface area contributed by atoms with Crippen LogP contribution in [0, 0.1) is 0 Å². The van der Waals surface area contributed by atoms with Crippen LogP contribution in [0.5, 0.6) is 0 Å². The van der Waals surface area contributed by atoms with Crippen molar-refractivity contribution in [2.75, 3.05) is 5.75 Å². The first kappa shape index (κ1) is 14.5. The van der Waals surface area contributed by atoms with Gasteiger partial charge in [-0.15, -0.1) is 0 Å². The van der Waals surface area contributed by atoms with Gasteiger partial charge in [0, 0.05) is 12.3 Å². The number of para-hydroxylation sites is 1. The van der Waals surface area contributed by atoms with Gasteiger partial charge in [-0.1, -0.05) is 6.07 Å². The molecule has 1 heterocycles. The van der Waals surface area contributed by atoms with Gasteiger partial charge in [-0.3, -0.25) is 4.57 Å². The van der Waals surface area contributed by atoms with Crippen molar-refractivity contribution in [2.45, 2.75) is 12.1 Å². The van der Waals surface area contributed by atoms with E-state index in [0.29, 0.717) is 0 Å². The first-order chi connectivity index (χ1) is 9.29. The Morgan fingerprint density at radius 1 is 1.40 bits per heavy atom. The van der Waals surface area contributed by atoms with Crippen LogP contribution in [0.4, 0.5) is 13.2 Å². The Morgan fingerprint density at radius 3 is 2.70 bits per heavy atom. The second-order valence-electron chi connectivity index (χ2n) is 3.88. The fraction of sp³-hybridized carbons (Fsp3) is 0.273. The van der Waals surface area contributed by atoms with Crippen LogP contribution < -0.4 is 5.69 Å². The van der Waals surface area contributed by atoms with E-state index in [2.05, 4.69) is 4.98 Å². The van der Waals surface area contributed by atoms with Crippen LogP contribution in [-0.4, -0.2) is 31.9 Å². The van der Waals surface area contributed by atoms with Crippen LogP contribution >= 0.6 is 11.8 Å². The lowest BCUT2D eigenvalue weighted by molar-refractivity contribution is -0.0328. The molecule has 5 nitrogen and oxygen atoms in total. The molecule has 0 bridgehead atoms. The minimum Gasteiger partial charge on any atom is -0.478 e. The first-order valence-corrected chi connectivity index (χ1v) is 6.43. The van der Waals surface area contributed by atoms with Gasteiger partial charge in [0.05, 0.1) is 16.6 Å². The fourth-order valence-electron chi connectivity index (χ4n) is 1.86. The number of aromatic amines is 1. The van der Waals surface area contributed by atoms with Gasteiger partial charge in [-0.25, -0.2) is 9.59 Å². The average Bonchev–Trinajstić information content (AvgIpc) is 2.64. The topological polar surface area (TPSA) is 75.1 Å². The molecule has 0 saturated heterocycles. The number of carbonyl (C=O) groups is 1. The van der Waals surface area contributed by atoms with Crippen molar-refractivity contribution in [1.29, 1.82) is 0 Å². The second kappa shape index (κ2) is 5.23. The maximum absolute atomic E-state index is 12.1. The molecule has 2 aromatic rings. The van der Waals surface area contributed by atoms with Gasteiger partial charge in [-0.05, 0) is 23.9 Å². The Kier molecular flexibility index (Phi) is 3.80. The van der Waals surface area contributed by atoms with Crippen LogP contribution in [0.2, 0.25) is 0 Å². The molecule has 1 aromatic carbocycles. The summed E-state index contributed by atoms with van der Waals surface area (Å²) in [6.45, 7) is -0.229. The molecule has 0 saturated carbocycles. The summed E-state index contributed by atoms with van der Waals surface area (Å²) in [5.41, 5.74) is -4.75. The molecule has 20 heavy (non-hydrogen) atoms. The lowest BCUT2D eigenvalue weighted by atomic mass is 10.2. The normalized spacial score (nSPS) is 11.9. The third-order valence-electron chi connectivity index (χ3n) is 2.60. The van der Waals surface area contributed by atoms with Gasteiger partial charge < -0.3 is 10.1 Å². The minimum atomic E-state index is -4.38. The standard InChI is InChI=1S/C11H9F3N2O3S/c12-11(13,14)20-5-4-16-8-6(9(17)18)2-1-3-7(8)15-10(16)19/h1-3H,4-5H2,(H,15,19)(H,17,18). The zero-order valence-corrected chi connectivity index (χ0v) is 10.7. The highest BCUT2D eigenvalue weighted by atomic mass is 32.2. The van der Waals surface area contributed by atoms with Crippen molar-refractivity contribution in [3.05, 3.63) is 34.2 Å². The number of nitrogens with one attached hydrogen (secondary N) is 1. The second-order valence-corrected chi connectivity index (χ2v) is 5.04. The average molecular weight is 306 g/mol. The van der Waals surface area contributed by atoms with Gasteiger partial charge in [-0.2, -0.15) is 13.2 Å². The molecule has 0 amide bonds. The number of aromatic nitrogens is 2. The van der Waals surface area contributed by atoms with E-state index in [1.807, 2.05) is 0 Å². The first-order valence-electron chi connectivity index (χ1n) is 5.45. The highest BCUT2D eigenvalue weighted by molar-refractivity contribution is 8.00. The minimum absolute atomic E-state index is 0.104. The molecule has 0 spiro atoms. The zero-order valence-electron chi connectivity index (χ0n) is 9.90.